The number of benzene rings is 2. The van der Waals surface area contributed by atoms with Gasteiger partial charge in [0.1, 0.15) is 0 Å². The lowest BCUT2D eigenvalue weighted by Crippen LogP contribution is -2.19. The highest BCUT2D eigenvalue weighted by atomic mass is 35.5. The summed E-state index contributed by atoms with van der Waals surface area (Å²) in [6, 6.07) is 13.7. The van der Waals surface area contributed by atoms with Crippen LogP contribution >= 0.6 is 11.6 Å². The monoisotopic (exact) mass is 286 g/mol. The van der Waals surface area contributed by atoms with Gasteiger partial charge in [0.25, 0.3) is 0 Å². The molecule has 0 heterocycles. The highest BCUT2D eigenvalue weighted by Gasteiger charge is 2.22. The quantitative estimate of drug-likeness (QED) is 0.662. The van der Waals surface area contributed by atoms with Gasteiger partial charge in [-0.25, -0.2) is 0 Å². The van der Waals surface area contributed by atoms with Crippen LogP contribution in [-0.4, -0.2) is 5.78 Å². The van der Waals surface area contributed by atoms with Crippen LogP contribution in [0, 0.1) is 12.3 Å². The Balaban J connectivity index is 2.35. The van der Waals surface area contributed by atoms with E-state index in [1.165, 1.54) is 0 Å². The summed E-state index contributed by atoms with van der Waals surface area (Å²) in [5.41, 5.74) is 3.67. The summed E-state index contributed by atoms with van der Waals surface area (Å²) in [4.78, 5) is 12.2. The summed E-state index contributed by atoms with van der Waals surface area (Å²) in [6.45, 7) is 7.82. The van der Waals surface area contributed by atoms with Gasteiger partial charge in [0.15, 0.2) is 5.78 Å². The number of hydrogen-bond donors (Lipinski definition) is 0. The Morgan fingerprint density at radius 1 is 0.950 bits per heavy atom. The SMILES string of the molecule is Cc1cc(Cl)cc(-c2ccc(C(=O)C(C)(C)C)cc2)c1. The molecule has 0 spiro atoms. The summed E-state index contributed by atoms with van der Waals surface area (Å²) in [5.74, 6) is 0.159. The van der Waals surface area contributed by atoms with E-state index in [1.54, 1.807) is 0 Å². The molecule has 2 rings (SSSR count). The van der Waals surface area contributed by atoms with Crippen molar-refractivity contribution < 1.29 is 4.79 Å². The molecule has 0 amide bonds. The van der Waals surface area contributed by atoms with Gasteiger partial charge in [-0.05, 0) is 35.7 Å². The largest absolute Gasteiger partial charge is 0.294 e. The lowest BCUT2D eigenvalue weighted by atomic mass is 9.86. The molecule has 0 atom stereocenters. The Kier molecular flexibility index (Phi) is 4.01. The molecule has 0 aliphatic rings. The fourth-order valence-electron chi connectivity index (χ4n) is 2.15. The molecule has 2 heteroatoms. The predicted octanol–water partition coefficient (Wildman–Crippen LogP) is 5.54. The summed E-state index contributed by atoms with van der Waals surface area (Å²) >= 11 is 6.09. The number of carbonyl (C=O) groups excluding carboxylic acids is 1. The minimum atomic E-state index is -0.353. The van der Waals surface area contributed by atoms with Crippen molar-refractivity contribution in [3.63, 3.8) is 0 Å². The maximum atomic E-state index is 12.2. The number of hydrogen-bond acceptors (Lipinski definition) is 1. The first-order valence-electron chi connectivity index (χ1n) is 6.70. The van der Waals surface area contributed by atoms with Crippen LogP contribution in [0.25, 0.3) is 11.1 Å². The third kappa shape index (κ3) is 3.29. The van der Waals surface area contributed by atoms with Gasteiger partial charge < -0.3 is 0 Å². The Morgan fingerprint density at radius 2 is 1.55 bits per heavy atom. The van der Waals surface area contributed by atoms with E-state index >= 15 is 0 Å². The molecule has 2 aromatic carbocycles. The average molecular weight is 287 g/mol. The van der Waals surface area contributed by atoms with Crippen LogP contribution in [0.1, 0.15) is 36.7 Å². The summed E-state index contributed by atoms with van der Waals surface area (Å²) in [5, 5.41) is 0.731. The highest BCUT2D eigenvalue weighted by molar-refractivity contribution is 6.31. The first-order valence-corrected chi connectivity index (χ1v) is 7.07. The topological polar surface area (TPSA) is 17.1 Å². The van der Waals surface area contributed by atoms with E-state index in [4.69, 9.17) is 11.6 Å². The second-order valence-electron chi connectivity index (χ2n) is 6.17. The van der Waals surface area contributed by atoms with Crippen LogP contribution in [0.15, 0.2) is 42.5 Å². The zero-order chi connectivity index (χ0) is 14.9. The number of rotatable bonds is 2. The van der Waals surface area contributed by atoms with E-state index < -0.39 is 0 Å². The average Bonchev–Trinajstić information content (AvgIpc) is 2.36. The minimum absolute atomic E-state index is 0.159. The van der Waals surface area contributed by atoms with Crippen molar-refractivity contribution in [1.29, 1.82) is 0 Å². The maximum absolute atomic E-state index is 12.2. The van der Waals surface area contributed by atoms with E-state index in [9.17, 15) is 4.79 Å². The van der Waals surface area contributed by atoms with Crippen LogP contribution in [0.2, 0.25) is 5.02 Å². The molecule has 20 heavy (non-hydrogen) atoms. The third-order valence-corrected chi connectivity index (χ3v) is 3.42. The lowest BCUT2D eigenvalue weighted by molar-refractivity contribution is 0.0858. The van der Waals surface area contributed by atoms with Gasteiger partial charge in [-0.15, -0.1) is 0 Å². The molecular formula is C18H19ClO. The van der Waals surface area contributed by atoms with E-state index in [-0.39, 0.29) is 11.2 Å². The van der Waals surface area contributed by atoms with Crippen molar-refractivity contribution in [3.8, 4) is 11.1 Å². The van der Waals surface area contributed by atoms with Crippen molar-refractivity contribution in [2.24, 2.45) is 5.41 Å². The molecule has 0 bridgehead atoms. The number of halogens is 1. The number of aryl methyl sites for hydroxylation is 1. The van der Waals surface area contributed by atoms with Gasteiger partial charge in [-0.1, -0.05) is 62.7 Å². The fraction of sp³-hybridized carbons (Fsp3) is 0.278. The Bertz CT molecular complexity index is 613. The third-order valence-electron chi connectivity index (χ3n) is 3.20. The molecule has 0 aliphatic carbocycles. The Labute approximate surface area is 125 Å². The van der Waals surface area contributed by atoms with Gasteiger partial charge in [-0.3, -0.25) is 4.79 Å². The van der Waals surface area contributed by atoms with Crippen LogP contribution in [0.4, 0.5) is 0 Å². The summed E-state index contributed by atoms with van der Waals surface area (Å²) < 4.78 is 0. The molecule has 0 saturated carbocycles. The molecule has 2 aromatic rings. The number of Topliss-reactive ketones (excluding diaryl/α,β-unsaturated/α-hetero) is 1. The molecule has 0 fully saturated rings. The maximum Gasteiger partial charge on any atom is 0.168 e. The second kappa shape index (κ2) is 5.41. The molecule has 104 valence electrons. The van der Waals surface area contributed by atoms with Crippen LogP contribution in [0.5, 0.6) is 0 Å². The van der Waals surface area contributed by atoms with E-state index in [0.717, 1.165) is 27.3 Å². The highest BCUT2D eigenvalue weighted by Crippen LogP contribution is 2.27. The van der Waals surface area contributed by atoms with E-state index in [2.05, 4.69) is 6.07 Å². The van der Waals surface area contributed by atoms with E-state index in [1.807, 2.05) is 64.1 Å². The van der Waals surface area contributed by atoms with Gasteiger partial charge in [-0.2, -0.15) is 0 Å². The Morgan fingerprint density at radius 3 is 2.05 bits per heavy atom. The fourth-order valence-corrected chi connectivity index (χ4v) is 2.44. The summed E-state index contributed by atoms with van der Waals surface area (Å²) in [6.07, 6.45) is 0. The number of ketones is 1. The van der Waals surface area contributed by atoms with E-state index in [0.29, 0.717) is 0 Å². The van der Waals surface area contributed by atoms with Crippen LogP contribution in [0.3, 0.4) is 0 Å². The molecule has 0 unspecified atom stereocenters. The van der Waals surface area contributed by atoms with Crippen LogP contribution < -0.4 is 0 Å². The molecule has 0 radical (unpaired) electrons. The molecule has 1 nitrogen and oxygen atoms in total. The van der Waals surface area contributed by atoms with Crippen molar-refractivity contribution in [2.45, 2.75) is 27.7 Å². The van der Waals surface area contributed by atoms with Gasteiger partial charge in [0.05, 0.1) is 0 Å². The molecule has 0 aliphatic heterocycles. The normalized spacial score (nSPS) is 11.4. The molecular weight excluding hydrogens is 268 g/mol. The smallest absolute Gasteiger partial charge is 0.168 e. The molecule has 0 N–H and O–H groups in total. The standard InChI is InChI=1S/C18H19ClO/c1-12-9-15(11-16(19)10-12)13-5-7-14(8-6-13)17(20)18(2,3)4/h5-11H,1-4H3. The zero-order valence-electron chi connectivity index (χ0n) is 12.3. The van der Waals surface area contributed by atoms with Gasteiger partial charge >= 0.3 is 0 Å². The van der Waals surface area contributed by atoms with Crippen molar-refractivity contribution in [1.82, 2.24) is 0 Å². The summed E-state index contributed by atoms with van der Waals surface area (Å²) in [7, 11) is 0. The van der Waals surface area contributed by atoms with Crippen LogP contribution in [-0.2, 0) is 0 Å². The predicted molar refractivity (Wildman–Crippen MR) is 85.4 cm³/mol. The van der Waals surface area contributed by atoms with Crippen molar-refractivity contribution in [3.05, 3.63) is 58.6 Å². The second-order valence-corrected chi connectivity index (χ2v) is 6.61. The van der Waals surface area contributed by atoms with Crippen molar-refractivity contribution in [2.75, 3.05) is 0 Å². The Hall–Kier alpha value is -1.60. The van der Waals surface area contributed by atoms with Crippen molar-refractivity contribution >= 4 is 17.4 Å². The zero-order valence-corrected chi connectivity index (χ0v) is 13.1. The minimum Gasteiger partial charge on any atom is -0.294 e. The molecule has 0 saturated heterocycles. The van der Waals surface area contributed by atoms with Gasteiger partial charge in [0.2, 0.25) is 0 Å². The first kappa shape index (κ1) is 14.8. The molecule has 0 aromatic heterocycles. The number of carbonyl (C=O) groups is 1. The lowest BCUT2D eigenvalue weighted by Gasteiger charge is -2.16. The first-order chi connectivity index (χ1) is 9.27. The van der Waals surface area contributed by atoms with Gasteiger partial charge in [0, 0.05) is 16.0 Å².